The largest absolute Gasteiger partial charge is 0.444 e. The lowest BCUT2D eigenvalue weighted by Gasteiger charge is -2.42. The first kappa shape index (κ1) is 14.3. The maximum atomic E-state index is 11.8. The summed E-state index contributed by atoms with van der Waals surface area (Å²) < 4.78 is 5.31. The second-order valence-corrected chi connectivity index (χ2v) is 6.13. The summed E-state index contributed by atoms with van der Waals surface area (Å²) in [6.07, 6.45) is 4.06. The highest BCUT2D eigenvalue weighted by Crippen LogP contribution is 2.33. The summed E-state index contributed by atoms with van der Waals surface area (Å²) in [5.74, 6) is 0.411. The van der Waals surface area contributed by atoms with Gasteiger partial charge in [-0.3, -0.25) is 0 Å². The lowest BCUT2D eigenvalue weighted by atomic mass is 9.74. The summed E-state index contributed by atoms with van der Waals surface area (Å²) in [5, 5.41) is 3.00. The minimum atomic E-state index is -0.461. The van der Waals surface area contributed by atoms with Crippen molar-refractivity contribution in [2.24, 2.45) is 11.7 Å². The molecular formula is C13H26N2O2. The van der Waals surface area contributed by atoms with Crippen molar-refractivity contribution < 1.29 is 9.53 Å². The van der Waals surface area contributed by atoms with Crippen LogP contribution in [-0.2, 0) is 4.74 Å². The van der Waals surface area contributed by atoms with Crippen molar-refractivity contribution in [3.05, 3.63) is 0 Å². The molecule has 1 amide bonds. The van der Waals surface area contributed by atoms with Gasteiger partial charge >= 0.3 is 6.09 Å². The van der Waals surface area contributed by atoms with E-state index in [0.717, 1.165) is 19.3 Å². The van der Waals surface area contributed by atoms with Gasteiger partial charge in [-0.25, -0.2) is 4.79 Å². The molecule has 0 aromatic heterocycles. The van der Waals surface area contributed by atoms with Crippen molar-refractivity contribution in [1.82, 2.24) is 5.32 Å². The lowest BCUT2D eigenvalue weighted by Crippen LogP contribution is -2.59. The van der Waals surface area contributed by atoms with Crippen LogP contribution in [0.2, 0.25) is 0 Å². The van der Waals surface area contributed by atoms with Gasteiger partial charge < -0.3 is 15.8 Å². The van der Waals surface area contributed by atoms with Crippen LogP contribution in [0.3, 0.4) is 0 Å². The normalized spacial score (nSPS) is 29.8. The number of hydrogen-bond donors (Lipinski definition) is 2. The van der Waals surface area contributed by atoms with E-state index in [-0.39, 0.29) is 11.6 Å². The zero-order valence-corrected chi connectivity index (χ0v) is 11.5. The van der Waals surface area contributed by atoms with Gasteiger partial charge in [0.25, 0.3) is 0 Å². The standard InChI is InChI=1S/C13H26N2O2/c1-10-7-5-6-8-13(10,9-14)15-11(16)17-12(2,3)4/h10H,5-9,14H2,1-4H3,(H,15,16)/t10-,13-/m0/s1. The summed E-state index contributed by atoms with van der Waals surface area (Å²) >= 11 is 0. The number of amides is 1. The van der Waals surface area contributed by atoms with E-state index in [1.54, 1.807) is 0 Å². The smallest absolute Gasteiger partial charge is 0.408 e. The zero-order chi connectivity index (χ0) is 13.1. The van der Waals surface area contributed by atoms with Gasteiger partial charge in [-0.2, -0.15) is 0 Å². The molecular weight excluding hydrogens is 216 g/mol. The molecule has 0 aromatic rings. The fourth-order valence-corrected chi connectivity index (χ4v) is 2.46. The van der Waals surface area contributed by atoms with E-state index >= 15 is 0 Å². The number of carbonyl (C=O) groups is 1. The lowest BCUT2D eigenvalue weighted by molar-refractivity contribution is 0.0375. The molecule has 0 heterocycles. The molecule has 0 aromatic carbocycles. The number of alkyl carbamates (subject to hydrolysis) is 1. The van der Waals surface area contributed by atoms with E-state index in [2.05, 4.69) is 12.2 Å². The van der Waals surface area contributed by atoms with Gasteiger partial charge in [-0.15, -0.1) is 0 Å². The van der Waals surface area contributed by atoms with Crippen molar-refractivity contribution >= 4 is 6.09 Å². The minimum Gasteiger partial charge on any atom is -0.444 e. The van der Waals surface area contributed by atoms with Gasteiger partial charge in [0.05, 0.1) is 5.54 Å². The maximum absolute atomic E-state index is 11.8. The van der Waals surface area contributed by atoms with Crippen molar-refractivity contribution in [1.29, 1.82) is 0 Å². The first-order chi connectivity index (χ1) is 7.79. The second-order valence-electron chi connectivity index (χ2n) is 6.13. The summed E-state index contributed by atoms with van der Waals surface area (Å²) in [7, 11) is 0. The highest BCUT2D eigenvalue weighted by molar-refractivity contribution is 5.69. The second kappa shape index (κ2) is 5.25. The van der Waals surface area contributed by atoms with Crippen LogP contribution in [0.1, 0.15) is 53.4 Å². The van der Waals surface area contributed by atoms with E-state index < -0.39 is 5.60 Å². The van der Waals surface area contributed by atoms with Crippen molar-refractivity contribution in [3.63, 3.8) is 0 Å². The molecule has 100 valence electrons. The van der Waals surface area contributed by atoms with Crippen molar-refractivity contribution in [2.75, 3.05) is 6.54 Å². The minimum absolute atomic E-state index is 0.277. The number of nitrogens with two attached hydrogens (primary N) is 1. The summed E-state index contributed by atoms with van der Waals surface area (Å²) in [6, 6.07) is 0. The van der Waals surface area contributed by atoms with Gasteiger partial charge in [0.1, 0.15) is 5.60 Å². The Labute approximate surface area is 104 Å². The Morgan fingerprint density at radius 3 is 2.59 bits per heavy atom. The molecule has 17 heavy (non-hydrogen) atoms. The third kappa shape index (κ3) is 3.87. The Kier molecular flexibility index (Phi) is 4.42. The molecule has 0 bridgehead atoms. The molecule has 0 saturated heterocycles. The molecule has 0 spiro atoms. The third-order valence-electron chi connectivity index (χ3n) is 3.57. The highest BCUT2D eigenvalue weighted by Gasteiger charge is 2.39. The van der Waals surface area contributed by atoms with Crippen LogP contribution >= 0.6 is 0 Å². The quantitative estimate of drug-likeness (QED) is 0.781. The molecule has 4 nitrogen and oxygen atoms in total. The Bertz CT molecular complexity index is 273. The Balaban J connectivity index is 2.65. The average Bonchev–Trinajstić information content (AvgIpc) is 2.19. The van der Waals surface area contributed by atoms with Crippen LogP contribution in [0.15, 0.2) is 0 Å². The fraction of sp³-hybridized carbons (Fsp3) is 0.923. The molecule has 4 heteroatoms. The van der Waals surface area contributed by atoms with Gasteiger partial charge in [-0.1, -0.05) is 19.8 Å². The Hall–Kier alpha value is -0.770. The number of carbonyl (C=O) groups excluding carboxylic acids is 1. The van der Waals surface area contributed by atoms with E-state index in [9.17, 15) is 4.79 Å². The number of hydrogen-bond acceptors (Lipinski definition) is 3. The molecule has 1 aliphatic carbocycles. The monoisotopic (exact) mass is 242 g/mol. The first-order valence-corrected chi connectivity index (χ1v) is 6.50. The molecule has 1 aliphatic rings. The molecule has 1 fully saturated rings. The van der Waals surface area contributed by atoms with Crippen LogP contribution in [0.4, 0.5) is 4.79 Å². The molecule has 2 atom stereocenters. The van der Waals surface area contributed by atoms with E-state index in [1.165, 1.54) is 6.42 Å². The molecule has 0 radical (unpaired) electrons. The molecule has 1 rings (SSSR count). The van der Waals surface area contributed by atoms with Crippen molar-refractivity contribution in [3.8, 4) is 0 Å². The third-order valence-corrected chi connectivity index (χ3v) is 3.57. The zero-order valence-electron chi connectivity index (χ0n) is 11.5. The Morgan fingerprint density at radius 2 is 2.12 bits per heavy atom. The van der Waals surface area contributed by atoms with Gasteiger partial charge in [0.2, 0.25) is 0 Å². The maximum Gasteiger partial charge on any atom is 0.408 e. The van der Waals surface area contributed by atoms with E-state index in [1.807, 2.05) is 20.8 Å². The summed E-state index contributed by atoms with van der Waals surface area (Å²) in [5.41, 5.74) is 5.13. The SMILES string of the molecule is C[C@H]1CCCC[C@@]1(CN)NC(=O)OC(C)(C)C. The number of nitrogens with one attached hydrogen (secondary N) is 1. The van der Waals surface area contributed by atoms with Gasteiger partial charge in [0, 0.05) is 6.54 Å². The van der Waals surface area contributed by atoms with Gasteiger partial charge in [-0.05, 0) is 39.5 Å². The predicted molar refractivity (Wildman–Crippen MR) is 68.8 cm³/mol. The number of ether oxygens (including phenoxy) is 1. The highest BCUT2D eigenvalue weighted by atomic mass is 16.6. The molecule has 0 unspecified atom stereocenters. The van der Waals surface area contributed by atoms with Crippen LogP contribution in [0.25, 0.3) is 0 Å². The molecule has 3 N–H and O–H groups in total. The van der Waals surface area contributed by atoms with E-state index in [0.29, 0.717) is 12.5 Å². The first-order valence-electron chi connectivity index (χ1n) is 6.50. The summed E-state index contributed by atoms with van der Waals surface area (Å²) in [4.78, 5) is 11.8. The Morgan fingerprint density at radius 1 is 1.47 bits per heavy atom. The average molecular weight is 242 g/mol. The number of rotatable bonds is 2. The summed E-state index contributed by atoms with van der Waals surface area (Å²) in [6.45, 7) is 8.24. The van der Waals surface area contributed by atoms with Crippen LogP contribution in [0, 0.1) is 5.92 Å². The predicted octanol–water partition coefficient (Wildman–Crippen LogP) is 2.42. The van der Waals surface area contributed by atoms with Crippen LogP contribution < -0.4 is 11.1 Å². The van der Waals surface area contributed by atoms with Crippen molar-refractivity contribution in [2.45, 2.75) is 64.5 Å². The van der Waals surface area contributed by atoms with Crippen LogP contribution in [0.5, 0.6) is 0 Å². The van der Waals surface area contributed by atoms with Gasteiger partial charge in [0.15, 0.2) is 0 Å². The fourth-order valence-electron chi connectivity index (χ4n) is 2.46. The van der Waals surface area contributed by atoms with Crippen LogP contribution in [-0.4, -0.2) is 23.8 Å². The van der Waals surface area contributed by atoms with E-state index in [4.69, 9.17) is 10.5 Å². The molecule has 0 aliphatic heterocycles. The molecule has 1 saturated carbocycles. The topological polar surface area (TPSA) is 64.3 Å².